The molecule has 3 aromatic rings. The summed E-state index contributed by atoms with van der Waals surface area (Å²) in [6, 6.07) is 17.9. The van der Waals surface area contributed by atoms with Crippen LogP contribution in [0, 0.1) is 18.8 Å². The van der Waals surface area contributed by atoms with Crippen molar-refractivity contribution in [3.05, 3.63) is 73.0 Å². The zero-order valence-corrected chi connectivity index (χ0v) is 13.0. The molecule has 3 rings (SSSR count). The Balaban J connectivity index is 0.00000147. The van der Waals surface area contributed by atoms with Crippen molar-refractivity contribution in [2.24, 2.45) is 0 Å². The van der Waals surface area contributed by atoms with Crippen molar-refractivity contribution in [1.82, 2.24) is 4.98 Å². The van der Waals surface area contributed by atoms with Gasteiger partial charge in [0.25, 0.3) is 0 Å². The molecule has 0 unspecified atom stereocenters. The molecule has 1 nitrogen and oxygen atoms in total. The second-order valence-electron chi connectivity index (χ2n) is 4.25. The molecule has 0 spiro atoms. The van der Waals surface area contributed by atoms with E-state index in [0.29, 0.717) is 5.39 Å². The fourth-order valence-electron chi connectivity index (χ4n) is 2.16. The molecule has 0 saturated heterocycles. The second kappa shape index (κ2) is 6.25. The van der Waals surface area contributed by atoms with Crippen LogP contribution in [0.25, 0.3) is 22.0 Å². The van der Waals surface area contributed by atoms with Crippen LogP contribution in [-0.4, -0.2) is 4.98 Å². The Labute approximate surface area is 131 Å². The van der Waals surface area contributed by atoms with Gasteiger partial charge >= 0.3 is 0 Å². The number of halogens is 1. The number of pyridine rings is 1. The smallest absolute Gasteiger partial charge is 0.150 e. The van der Waals surface area contributed by atoms with E-state index in [9.17, 15) is 4.39 Å². The average molecular weight is 440 g/mol. The Bertz CT molecular complexity index is 726. The van der Waals surface area contributed by atoms with Crippen molar-refractivity contribution in [2.75, 3.05) is 0 Å². The van der Waals surface area contributed by atoms with E-state index in [1.54, 1.807) is 6.07 Å². The zero-order chi connectivity index (χ0) is 13.2. The molecule has 0 aliphatic heterocycles. The van der Waals surface area contributed by atoms with Crippen molar-refractivity contribution in [3.63, 3.8) is 0 Å². The van der Waals surface area contributed by atoms with Gasteiger partial charge in [0.15, 0.2) is 5.82 Å². The van der Waals surface area contributed by atoms with Gasteiger partial charge in [0.05, 0.1) is 5.69 Å². The van der Waals surface area contributed by atoms with E-state index in [-0.39, 0.29) is 38.0 Å². The molecule has 3 heteroatoms. The van der Waals surface area contributed by atoms with Gasteiger partial charge in [-0.2, -0.15) is 0 Å². The van der Waals surface area contributed by atoms with Crippen LogP contribution in [0.5, 0.6) is 0 Å². The maximum Gasteiger partial charge on any atom is 0.150 e. The molecule has 0 bridgehead atoms. The maximum atomic E-state index is 14.2. The van der Waals surface area contributed by atoms with E-state index in [0.717, 1.165) is 16.6 Å². The first-order chi connectivity index (χ1) is 9.31. The SMILES string of the molecule is [CH]Cc1nc(-c2[c-]cccc2)c2ccccc2c1F.[Ir]. The maximum absolute atomic E-state index is 14.2. The van der Waals surface area contributed by atoms with Crippen LogP contribution < -0.4 is 0 Å². The second-order valence-corrected chi connectivity index (χ2v) is 4.25. The number of nitrogens with zero attached hydrogens (tertiary/aromatic N) is 1. The third-order valence-electron chi connectivity index (χ3n) is 3.08. The number of aromatic nitrogens is 1. The molecule has 3 radical (unpaired) electrons. The Morgan fingerprint density at radius 1 is 1.05 bits per heavy atom. The average Bonchev–Trinajstić information content (AvgIpc) is 2.49. The summed E-state index contributed by atoms with van der Waals surface area (Å²) in [5, 5.41) is 1.32. The molecule has 0 fully saturated rings. The molecule has 1 heterocycles. The molecule has 0 N–H and O–H groups in total. The minimum Gasteiger partial charge on any atom is -0.298 e. The van der Waals surface area contributed by atoms with Crippen molar-refractivity contribution in [3.8, 4) is 11.3 Å². The fraction of sp³-hybridized carbons (Fsp3) is 0.0588. The van der Waals surface area contributed by atoms with Crippen molar-refractivity contribution in [1.29, 1.82) is 0 Å². The molecule has 0 amide bonds. The van der Waals surface area contributed by atoms with Gasteiger partial charge in [-0.05, 0) is 24.4 Å². The first-order valence-corrected chi connectivity index (χ1v) is 6.05. The molecule has 0 atom stereocenters. The van der Waals surface area contributed by atoms with E-state index in [2.05, 4.69) is 11.1 Å². The summed E-state index contributed by atoms with van der Waals surface area (Å²) in [7, 11) is 0. The van der Waals surface area contributed by atoms with Gasteiger partial charge in [0.2, 0.25) is 0 Å². The summed E-state index contributed by atoms with van der Waals surface area (Å²) in [5.41, 5.74) is 1.84. The normalized spacial score (nSPS) is 10.3. The van der Waals surface area contributed by atoms with Gasteiger partial charge in [-0.1, -0.05) is 24.3 Å². The zero-order valence-electron chi connectivity index (χ0n) is 10.6. The third kappa shape index (κ3) is 2.52. The third-order valence-corrected chi connectivity index (χ3v) is 3.08. The topological polar surface area (TPSA) is 12.9 Å². The predicted molar refractivity (Wildman–Crippen MR) is 74.0 cm³/mol. The van der Waals surface area contributed by atoms with E-state index < -0.39 is 0 Å². The Morgan fingerprint density at radius 3 is 2.40 bits per heavy atom. The quantitative estimate of drug-likeness (QED) is 0.547. The van der Waals surface area contributed by atoms with Crippen molar-refractivity contribution >= 4 is 10.8 Å². The number of rotatable bonds is 2. The van der Waals surface area contributed by atoms with Crippen LogP contribution in [0.1, 0.15) is 5.69 Å². The monoisotopic (exact) mass is 441 g/mol. The fourth-order valence-corrected chi connectivity index (χ4v) is 2.16. The summed E-state index contributed by atoms with van der Waals surface area (Å²) in [4.78, 5) is 4.36. The summed E-state index contributed by atoms with van der Waals surface area (Å²) in [5.74, 6) is -0.335. The van der Waals surface area contributed by atoms with Crippen LogP contribution >= 0.6 is 0 Å². The molecule has 1 aromatic heterocycles. The van der Waals surface area contributed by atoms with Gasteiger partial charge in [0, 0.05) is 25.5 Å². The standard InChI is InChI=1S/C17H11FN.Ir/c1-2-15-16(18)13-10-6-7-11-14(13)17(19-15)12-8-4-3-5-9-12;/h1,3-8,10-11H,2H2;/q-1;. The Hall–Kier alpha value is -1.57. The predicted octanol–water partition coefficient (Wildman–Crippen LogP) is 4.09. The molecule has 2 aromatic carbocycles. The molecule has 0 aliphatic carbocycles. The van der Waals surface area contributed by atoms with Crippen molar-refractivity contribution in [2.45, 2.75) is 6.42 Å². The number of hydrogen-bond acceptors (Lipinski definition) is 1. The van der Waals surface area contributed by atoms with Crippen LogP contribution in [0.4, 0.5) is 4.39 Å². The molecular weight excluding hydrogens is 429 g/mol. The minimum atomic E-state index is -0.335. The van der Waals surface area contributed by atoms with Gasteiger partial charge in [-0.25, -0.2) is 4.39 Å². The van der Waals surface area contributed by atoms with Crippen LogP contribution in [0.2, 0.25) is 0 Å². The van der Waals surface area contributed by atoms with Crippen molar-refractivity contribution < 1.29 is 24.5 Å². The minimum absolute atomic E-state index is 0. The van der Waals surface area contributed by atoms with E-state index >= 15 is 0 Å². The first-order valence-electron chi connectivity index (χ1n) is 6.05. The van der Waals surface area contributed by atoms with Gasteiger partial charge in [0.1, 0.15) is 0 Å². The Kier molecular flexibility index (Phi) is 4.64. The first kappa shape index (κ1) is 14.8. The molecule has 20 heavy (non-hydrogen) atoms. The summed E-state index contributed by atoms with van der Waals surface area (Å²) >= 11 is 0. The van der Waals surface area contributed by atoms with Crippen LogP contribution in [-0.2, 0) is 26.5 Å². The number of fused-ring (bicyclic) bond motifs is 1. The molecule has 0 saturated carbocycles. The van der Waals surface area contributed by atoms with E-state index in [1.807, 2.05) is 42.5 Å². The molecular formula is C17H11FIrN-. The summed E-state index contributed by atoms with van der Waals surface area (Å²) < 4.78 is 14.2. The number of hydrogen-bond donors (Lipinski definition) is 0. The summed E-state index contributed by atoms with van der Waals surface area (Å²) in [6.07, 6.45) is 0.0799. The summed E-state index contributed by atoms with van der Waals surface area (Å²) in [6.45, 7) is 5.58. The van der Waals surface area contributed by atoms with E-state index in [1.165, 1.54) is 0 Å². The van der Waals surface area contributed by atoms with Gasteiger partial charge < -0.3 is 0 Å². The van der Waals surface area contributed by atoms with E-state index in [4.69, 9.17) is 6.92 Å². The molecule has 101 valence electrons. The number of benzene rings is 2. The molecule has 0 aliphatic rings. The van der Waals surface area contributed by atoms with Gasteiger partial charge in [-0.15, -0.1) is 35.9 Å². The largest absolute Gasteiger partial charge is 0.298 e. The van der Waals surface area contributed by atoms with Crippen LogP contribution in [0.3, 0.4) is 0 Å². The van der Waals surface area contributed by atoms with Crippen LogP contribution in [0.15, 0.2) is 48.5 Å². The van der Waals surface area contributed by atoms with Gasteiger partial charge in [-0.3, -0.25) is 4.98 Å². The Morgan fingerprint density at radius 2 is 1.75 bits per heavy atom.